The molecule has 0 spiro atoms. The molecule has 0 atom stereocenters. The molecular weight excluding hydrogens is 490 g/mol. The van der Waals surface area contributed by atoms with E-state index >= 15 is 0 Å². The lowest BCUT2D eigenvalue weighted by Gasteiger charge is -2.26. The van der Waals surface area contributed by atoms with Crippen molar-refractivity contribution in [3.8, 4) is 11.5 Å². The first-order valence-corrected chi connectivity index (χ1v) is 12.1. The van der Waals surface area contributed by atoms with Crippen LogP contribution in [0.15, 0.2) is 94.3 Å². The highest BCUT2D eigenvalue weighted by Crippen LogP contribution is 2.36. The molecular formula is C25H22BrNO4S. The van der Waals surface area contributed by atoms with E-state index in [2.05, 4.69) is 15.9 Å². The summed E-state index contributed by atoms with van der Waals surface area (Å²) in [7, 11) is -0.716. The van der Waals surface area contributed by atoms with Gasteiger partial charge >= 0.3 is 0 Å². The molecule has 0 aromatic heterocycles. The van der Waals surface area contributed by atoms with Crippen LogP contribution in [0.5, 0.6) is 11.5 Å². The third kappa shape index (κ3) is 4.31. The molecule has 32 heavy (non-hydrogen) atoms. The Morgan fingerprint density at radius 1 is 0.750 bits per heavy atom. The molecule has 0 heterocycles. The minimum Gasteiger partial charge on any atom is -0.497 e. The van der Waals surface area contributed by atoms with Gasteiger partial charge in [0, 0.05) is 9.86 Å². The molecule has 0 amide bonds. The molecule has 7 heteroatoms. The number of halogens is 1. The Labute approximate surface area is 196 Å². The molecule has 0 saturated heterocycles. The van der Waals surface area contributed by atoms with Crippen LogP contribution >= 0.6 is 15.9 Å². The van der Waals surface area contributed by atoms with E-state index in [1.165, 1.54) is 4.31 Å². The number of nitrogens with zero attached hydrogens (tertiary/aromatic N) is 1. The van der Waals surface area contributed by atoms with Crippen molar-refractivity contribution >= 4 is 42.4 Å². The SMILES string of the molecule is COc1ccc(CN(c2ccc(Br)c3ccccc23)S(=O)(=O)c2ccc(OC)cc2)cc1. The van der Waals surface area contributed by atoms with E-state index in [9.17, 15) is 8.42 Å². The maximum absolute atomic E-state index is 13.8. The number of hydrogen-bond donors (Lipinski definition) is 0. The molecule has 164 valence electrons. The Balaban J connectivity index is 1.87. The summed E-state index contributed by atoms with van der Waals surface area (Å²) in [5, 5.41) is 1.78. The largest absolute Gasteiger partial charge is 0.497 e. The second-order valence-corrected chi connectivity index (χ2v) is 9.86. The van der Waals surface area contributed by atoms with E-state index in [4.69, 9.17) is 9.47 Å². The van der Waals surface area contributed by atoms with Crippen molar-refractivity contribution in [3.63, 3.8) is 0 Å². The standard InChI is InChI=1S/C25H22BrNO4S/c1-30-19-9-7-18(8-10-19)17-27(32(28,29)21-13-11-20(31-2)12-14-21)25-16-15-24(26)22-5-3-4-6-23(22)25/h3-16H,17H2,1-2H3. The summed E-state index contributed by atoms with van der Waals surface area (Å²) in [6.07, 6.45) is 0. The number of rotatable bonds is 7. The Morgan fingerprint density at radius 2 is 1.31 bits per heavy atom. The van der Waals surface area contributed by atoms with Gasteiger partial charge in [-0.05, 0) is 59.5 Å². The van der Waals surface area contributed by atoms with Crippen LogP contribution in [-0.4, -0.2) is 22.6 Å². The van der Waals surface area contributed by atoms with Gasteiger partial charge in [-0.25, -0.2) is 8.42 Å². The molecule has 0 aliphatic carbocycles. The van der Waals surface area contributed by atoms with Crippen LogP contribution in [-0.2, 0) is 16.6 Å². The van der Waals surface area contributed by atoms with Gasteiger partial charge in [-0.1, -0.05) is 52.3 Å². The molecule has 0 saturated carbocycles. The van der Waals surface area contributed by atoms with Crippen molar-refractivity contribution in [2.24, 2.45) is 0 Å². The van der Waals surface area contributed by atoms with Gasteiger partial charge in [-0.3, -0.25) is 4.31 Å². The van der Waals surface area contributed by atoms with E-state index in [0.717, 1.165) is 20.8 Å². The van der Waals surface area contributed by atoms with Crippen molar-refractivity contribution < 1.29 is 17.9 Å². The summed E-state index contributed by atoms with van der Waals surface area (Å²) >= 11 is 3.58. The molecule has 5 nitrogen and oxygen atoms in total. The van der Waals surface area contributed by atoms with Gasteiger partial charge in [-0.2, -0.15) is 0 Å². The number of methoxy groups -OCH3 is 2. The number of sulfonamides is 1. The van der Waals surface area contributed by atoms with E-state index in [1.54, 1.807) is 38.5 Å². The van der Waals surface area contributed by atoms with E-state index < -0.39 is 10.0 Å². The average Bonchev–Trinajstić information content (AvgIpc) is 2.83. The second kappa shape index (κ2) is 9.22. The molecule has 4 rings (SSSR count). The van der Waals surface area contributed by atoms with Crippen LogP contribution in [0.4, 0.5) is 5.69 Å². The topological polar surface area (TPSA) is 55.8 Å². The fourth-order valence-electron chi connectivity index (χ4n) is 3.54. The van der Waals surface area contributed by atoms with Crippen LogP contribution in [0.1, 0.15) is 5.56 Å². The van der Waals surface area contributed by atoms with Gasteiger partial charge < -0.3 is 9.47 Å². The maximum Gasteiger partial charge on any atom is 0.264 e. The zero-order chi connectivity index (χ0) is 22.7. The Kier molecular flexibility index (Phi) is 6.39. The fourth-order valence-corrected chi connectivity index (χ4v) is 5.48. The molecule has 0 radical (unpaired) electrons. The Hall–Kier alpha value is -3.03. The highest BCUT2D eigenvalue weighted by molar-refractivity contribution is 9.10. The Morgan fingerprint density at radius 3 is 1.91 bits per heavy atom. The molecule has 0 fully saturated rings. The number of fused-ring (bicyclic) bond motifs is 1. The second-order valence-electron chi connectivity index (χ2n) is 7.15. The maximum atomic E-state index is 13.8. The number of ether oxygens (including phenoxy) is 2. The monoisotopic (exact) mass is 511 g/mol. The summed E-state index contributed by atoms with van der Waals surface area (Å²) in [4.78, 5) is 0.193. The minimum absolute atomic E-state index is 0.171. The Bertz CT molecular complexity index is 1340. The van der Waals surface area contributed by atoms with Crippen molar-refractivity contribution in [1.82, 2.24) is 0 Å². The van der Waals surface area contributed by atoms with Crippen molar-refractivity contribution in [2.75, 3.05) is 18.5 Å². The summed E-state index contributed by atoms with van der Waals surface area (Å²) in [6.45, 7) is 0.171. The van der Waals surface area contributed by atoms with Crippen LogP contribution in [0.3, 0.4) is 0 Å². The fraction of sp³-hybridized carbons (Fsp3) is 0.120. The lowest BCUT2D eigenvalue weighted by molar-refractivity contribution is 0.414. The third-order valence-electron chi connectivity index (χ3n) is 5.25. The minimum atomic E-state index is -3.87. The lowest BCUT2D eigenvalue weighted by atomic mass is 10.1. The van der Waals surface area contributed by atoms with E-state index in [1.807, 2.05) is 60.7 Å². The first-order chi connectivity index (χ1) is 15.4. The van der Waals surface area contributed by atoms with Crippen molar-refractivity contribution in [2.45, 2.75) is 11.4 Å². The van der Waals surface area contributed by atoms with Crippen molar-refractivity contribution in [1.29, 1.82) is 0 Å². The van der Waals surface area contributed by atoms with Gasteiger partial charge in [0.1, 0.15) is 11.5 Å². The summed E-state index contributed by atoms with van der Waals surface area (Å²) in [6, 6.07) is 25.3. The first kappa shape index (κ1) is 22.2. The van der Waals surface area contributed by atoms with E-state index in [0.29, 0.717) is 17.2 Å². The summed E-state index contributed by atoms with van der Waals surface area (Å²) in [5.74, 6) is 1.31. The van der Waals surface area contributed by atoms with Gasteiger partial charge in [0.25, 0.3) is 10.0 Å². The van der Waals surface area contributed by atoms with Gasteiger partial charge in [0.2, 0.25) is 0 Å². The molecule has 4 aromatic rings. The summed E-state index contributed by atoms with van der Waals surface area (Å²) in [5.41, 5.74) is 1.45. The highest BCUT2D eigenvalue weighted by atomic mass is 79.9. The molecule has 0 bridgehead atoms. The van der Waals surface area contributed by atoms with E-state index in [-0.39, 0.29) is 11.4 Å². The molecule has 0 aliphatic rings. The number of hydrogen-bond acceptors (Lipinski definition) is 4. The lowest BCUT2D eigenvalue weighted by Crippen LogP contribution is -2.30. The van der Waals surface area contributed by atoms with Gasteiger partial charge in [-0.15, -0.1) is 0 Å². The summed E-state index contributed by atoms with van der Waals surface area (Å²) < 4.78 is 40.5. The molecule has 0 N–H and O–H groups in total. The highest BCUT2D eigenvalue weighted by Gasteiger charge is 2.27. The average molecular weight is 512 g/mol. The number of anilines is 1. The molecule has 4 aromatic carbocycles. The van der Waals surface area contributed by atoms with Crippen molar-refractivity contribution in [3.05, 3.63) is 95.0 Å². The number of benzene rings is 4. The van der Waals surface area contributed by atoms with Crippen LogP contribution < -0.4 is 13.8 Å². The zero-order valence-corrected chi connectivity index (χ0v) is 20.1. The normalized spacial score (nSPS) is 11.3. The quantitative estimate of drug-likeness (QED) is 0.304. The molecule has 0 aliphatic heterocycles. The van der Waals surface area contributed by atoms with Crippen LogP contribution in [0, 0.1) is 0 Å². The zero-order valence-electron chi connectivity index (χ0n) is 17.7. The predicted octanol–water partition coefficient (Wildman–Crippen LogP) is 6.02. The van der Waals surface area contributed by atoms with Gasteiger partial charge in [0.05, 0.1) is 31.3 Å². The smallest absolute Gasteiger partial charge is 0.264 e. The third-order valence-corrected chi connectivity index (χ3v) is 7.71. The van der Waals surface area contributed by atoms with Gasteiger partial charge in [0.15, 0.2) is 0 Å². The predicted molar refractivity (Wildman–Crippen MR) is 131 cm³/mol. The van der Waals surface area contributed by atoms with Crippen LogP contribution in [0.25, 0.3) is 10.8 Å². The molecule has 0 unspecified atom stereocenters. The van der Waals surface area contributed by atoms with Crippen LogP contribution in [0.2, 0.25) is 0 Å². The first-order valence-electron chi connectivity index (χ1n) is 9.91.